The molecule has 0 radical (unpaired) electrons. The van der Waals surface area contributed by atoms with Gasteiger partial charge in [0.2, 0.25) is 11.8 Å². The first kappa shape index (κ1) is 11.2. The zero-order valence-corrected chi connectivity index (χ0v) is 8.56. The minimum Gasteiger partial charge on any atom is -0.481 e. The number of hydrogen-bond donors (Lipinski definition) is 2. The van der Waals surface area contributed by atoms with Crippen LogP contribution in [0.15, 0.2) is 12.4 Å². The summed E-state index contributed by atoms with van der Waals surface area (Å²) in [4.78, 5) is 18.3. The number of ether oxygens (including phenoxy) is 1. The van der Waals surface area contributed by atoms with Gasteiger partial charge in [-0.05, 0) is 6.42 Å². The fourth-order valence-electron chi connectivity index (χ4n) is 1.03. The predicted molar refractivity (Wildman–Crippen MR) is 55.5 cm³/mol. The van der Waals surface area contributed by atoms with Crippen molar-refractivity contribution in [2.24, 2.45) is 5.73 Å². The van der Waals surface area contributed by atoms with E-state index < -0.39 is 0 Å². The average molecular weight is 210 g/mol. The van der Waals surface area contributed by atoms with Gasteiger partial charge in [-0.15, -0.1) is 0 Å². The van der Waals surface area contributed by atoms with Crippen molar-refractivity contribution < 1.29 is 9.53 Å². The first-order chi connectivity index (χ1) is 7.22. The van der Waals surface area contributed by atoms with Crippen LogP contribution in [0.2, 0.25) is 0 Å². The number of nitrogens with zero attached hydrogens (tertiary/aromatic N) is 2. The van der Waals surface area contributed by atoms with Gasteiger partial charge in [0, 0.05) is 19.0 Å². The molecular weight excluding hydrogens is 196 g/mol. The molecule has 1 aromatic rings. The van der Waals surface area contributed by atoms with Gasteiger partial charge < -0.3 is 15.8 Å². The van der Waals surface area contributed by atoms with E-state index >= 15 is 0 Å². The molecule has 0 atom stereocenters. The Bertz CT molecular complexity index is 330. The minimum absolute atomic E-state index is 0.294. The first-order valence-electron chi connectivity index (χ1n) is 4.60. The van der Waals surface area contributed by atoms with Crippen molar-refractivity contribution in [1.82, 2.24) is 9.97 Å². The molecule has 1 heterocycles. The summed E-state index contributed by atoms with van der Waals surface area (Å²) in [5.41, 5.74) is 5.01. The quantitative estimate of drug-likeness (QED) is 0.653. The van der Waals surface area contributed by atoms with Gasteiger partial charge in [-0.1, -0.05) is 0 Å². The van der Waals surface area contributed by atoms with Gasteiger partial charge in [0.25, 0.3) is 0 Å². The highest BCUT2D eigenvalue weighted by Gasteiger charge is 1.98. The zero-order valence-electron chi connectivity index (χ0n) is 8.56. The number of nitrogens with two attached hydrogens (primary N) is 1. The molecule has 15 heavy (non-hydrogen) atoms. The molecule has 0 aliphatic rings. The van der Waals surface area contributed by atoms with Crippen LogP contribution in [0.4, 0.5) is 5.82 Å². The summed E-state index contributed by atoms with van der Waals surface area (Å²) in [5, 5.41) is 3.04. The van der Waals surface area contributed by atoms with Crippen molar-refractivity contribution in [2.75, 3.05) is 19.0 Å². The second kappa shape index (κ2) is 5.79. The smallest absolute Gasteiger partial charge is 0.218 e. The van der Waals surface area contributed by atoms with Crippen LogP contribution in [0, 0.1) is 0 Å². The maximum absolute atomic E-state index is 10.5. The second-order valence-electron chi connectivity index (χ2n) is 2.94. The Hall–Kier alpha value is -1.85. The van der Waals surface area contributed by atoms with Crippen LogP contribution in [0.3, 0.4) is 0 Å². The van der Waals surface area contributed by atoms with E-state index in [4.69, 9.17) is 10.5 Å². The SMILES string of the molecule is COc1cc(NCCCC(N)=O)ncn1. The molecule has 0 saturated heterocycles. The van der Waals surface area contributed by atoms with Crippen molar-refractivity contribution in [1.29, 1.82) is 0 Å². The number of aromatic nitrogens is 2. The van der Waals surface area contributed by atoms with Crippen LogP contribution in [-0.2, 0) is 4.79 Å². The molecule has 6 nitrogen and oxygen atoms in total. The van der Waals surface area contributed by atoms with Crippen molar-refractivity contribution >= 4 is 11.7 Å². The number of hydrogen-bond acceptors (Lipinski definition) is 5. The molecule has 3 N–H and O–H groups in total. The summed E-state index contributed by atoms with van der Waals surface area (Å²) in [6.07, 6.45) is 2.46. The molecule has 0 bridgehead atoms. The third kappa shape index (κ3) is 4.26. The monoisotopic (exact) mass is 210 g/mol. The highest BCUT2D eigenvalue weighted by Crippen LogP contribution is 2.09. The van der Waals surface area contributed by atoms with Crippen molar-refractivity contribution in [3.8, 4) is 5.88 Å². The van der Waals surface area contributed by atoms with Gasteiger partial charge in [-0.25, -0.2) is 9.97 Å². The van der Waals surface area contributed by atoms with Gasteiger partial charge in [-0.3, -0.25) is 4.79 Å². The standard InChI is InChI=1S/C9H14N4O2/c1-15-9-5-8(12-6-13-9)11-4-2-3-7(10)14/h5-6H,2-4H2,1H3,(H2,10,14)(H,11,12,13). The average Bonchev–Trinajstić information content (AvgIpc) is 2.24. The van der Waals surface area contributed by atoms with Gasteiger partial charge in [0.15, 0.2) is 0 Å². The highest BCUT2D eigenvalue weighted by molar-refractivity contribution is 5.73. The van der Waals surface area contributed by atoms with Crippen LogP contribution in [0.5, 0.6) is 5.88 Å². The first-order valence-corrected chi connectivity index (χ1v) is 4.60. The van der Waals surface area contributed by atoms with Crippen LogP contribution >= 0.6 is 0 Å². The Morgan fingerprint density at radius 2 is 2.40 bits per heavy atom. The molecule has 0 aromatic carbocycles. The predicted octanol–water partition coefficient (Wildman–Crippen LogP) is 0.163. The summed E-state index contributed by atoms with van der Waals surface area (Å²) in [6, 6.07) is 1.68. The fourth-order valence-corrected chi connectivity index (χ4v) is 1.03. The number of carbonyl (C=O) groups excluding carboxylic acids is 1. The molecule has 82 valence electrons. The molecule has 0 fully saturated rings. The van der Waals surface area contributed by atoms with Crippen molar-refractivity contribution in [3.05, 3.63) is 12.4 Å². The number of amides is 1. The molecule has 0 unspecified atom stereocenters. The summed E-state index contributed by atoms with van der Waals surface area (Å²) >= 11 is 0. The Kier molecular flexibility index (Phi) is 4.33. The van der Waals surface area contributed by atoms with Gasteiger partial charge in [-0.2, -0.15) is 0 Å². The Labute approximate surface area is 87.9 Å². The maximum atomic E-state index is 10.5. The highest BCUT2D eigenvalue weighted by atomic mass is 16.5. The lowest BCUT2D eigenvalue weighted by atomic mass is 10.3. The normalized spacial score (nSPS) is 9.67. The van der Waals surface area contributed by atoms with Crippen molar-refractivity contribution in [3.63, 3.8) is 0 Å². The summed E-state index contributed by atoms with van der Waals surface area (Å²) in [6.45, 7) is 0.642. The maximum Gasteiger partial charge on any atom is 0.218 e. The van der Waals surface area contributed by atoms with E-state index in [9.17, 15) is 4.79 Å². The zero-order chi connectivity index (χ0) is 11.1. The number of anilines is 1. The Morgan fingerprint density at radius 3 is 3.07 bits per heavy atom. The Morgan fingerprint density at radius 1 is 1.60 bits per heavy atom. The van der Waals surface area contributed by atoms with E-state index in [-0.39, 0.29) is 5.91 Å². The van der Waals surface area contributed by atoms with E-state index in [1.165, 1.54) is 6.33 Å². The number of methoxy groups -OCH3 is 1. The van der Waals surface area contributed by atoms with E-state index in [0.29, 0.717) is 31.1 Å². The number of primary amides is 1. The number of nitrogens with one attached hydrogen (secondary N) is 1. The van der Waals surface area contributed by atoms with Gasteiger partial charge in [0.1, 0.15) is 12.1 Å². The molecular formula is C9H14N4O2. The molecule has 1 aromatic heterocycles. The summed E-state index contributed by atoms with van der Waals surface area (Å²) < 4.78 is 4.93. The van der Waals surface area contributed by atoms with Crippen LogP contribution < -0.4 is 15.8 Å². The van der Waals surface area contributed by atoms with E-state index in [1.54, 1.807) is 13.2 Å². The molecule has 0 aliphatic carbocycles. The van der Waals surface area contributed by atoms with Gasteiger partial charge in [0.05, 0.1) is 7.11 Å². The lowest BCUT2D eigenvalue weighted by molar-refractivity contribution is -0.118. The molecule has 0 aliphatic heterocycles. The minimum atomic E-state index is -0.294. The fraction of sp³-hybridized carbons (Fsp3) is 0.444. The van der Waals surface area contributed by atoms with E-state index in [1.807, 2.05) is 0 Å². The largest absolute Gasteiger partial charge is 0.481 e. The topological polar surface area (TPSA) is 90.1 Å². The van der Waals surface area contributed by atoms with E-state index in [2.05, 4.69) is 15.3 Å². The molecule has 0 saturated carbocycles. The molecule has 6 heteroatoms. The third-order valence-electron chi connectivity index (χ3n) is 1.76. The summed E-state index contributed by atoms with van der Waals surface area (Å²) in [7, 11) is 1.54. The van der Waals surface area contributed by atoms with Crippen LogP contribution in [0.1, 0.15) is 12.8 Å². The van der Waals surface area contributed by atoms with Crippen LogP contribution in [0.25, 0.3) is 0 Å². The van der Waals surface area contributed by atoms with Crippen LogP contribution in [-0.4, -0.2) is 29.5 Å². The molecule has 1 rings (SSSR count). The third-order valence-corrected chi connectivity index (χ3v) is 1.76. The number of rotatable bonds is 6. The van der Waals surface area contributed by atoms with Gasteiger partial charge >= 0.3 is 0 Å². The second-order valence-corrected chi connectivity index (χ2v) is 2.94. The molecule has 0 spiro atoms. The lowest BCUT2D eigenvalue weighted by Gasteiger charge is -2.05. The van der Waals surface area contributed by atoms with E-state index in [0.717, 1.165) is 0 Å². The lowest BCUT2D eigenvalue weighted by Crippen LogP contribution is -2.13. The number of carbonyl (C=O) groups is 1. The van der Waals surface area contributed by atoms with Crippen molar-refractivity contribution in [2.45, 2.75) is 12.8 Å². The Balaban J connectivity index is 2.33. The molecule has 1 amide bonds. The summed E-state index contributed by atoms with van der Waals surface area (Å²) in [5.74, 6) is 0.880.